The van der Waals surface area contributed by atoms with Gasteiger partial charge in [0.2, 0.25) is 11.8 Å². The highest BCUT2D eigenvalue weighted by molar-refractivity contribution is 6.02. The zero-order valence-corrected chi connectivity index (χ0v) is 23.5. The maximum absolute atomic E-state index is 14.3. The Morgan fingerprint density at radius 2 is 1.56 bits per heavy atom. The predicted octanol–water partition coefficient (Wildman–Crippen LogP) is 4.75. The number of hydrogen-bond donors (Lipinski definition) is 1. The van der Waals surface area contributed by atoms with Crippen LogP contribution in [0.15, 0.2) is 60.7 Å². The lowest BCUT2D eigenvalue weighted by molar-refractivity contribution is -0.128. The maximum atomic E-state index is 14.3. The van der Waals surface area contributed by atoms with Crippen molar-refractivity contribution in [2.24, 2.45) is 0 Å². The molecule has 0 aliphatic rings. The van der Waals surface area contributed by atoms with E-state index in [-0.39, 0.29) is 18.4 Å². The minimum absolute atomic E-state index is 0.117. The predicted molar refractivity (Wildman–Crippen MR) is 151 cm³/mol. The smallest absolute Gasteiger partial charge is 0.249 e. The molecule has 204 valence electrons. The highest BCUT2D eigenvalue weighted by atomic mass is 16.5. The fourth-order valence-electron chi connectivity index (χ4n) is 4.61. The Morgan fingerprint density at radius 1 is 0.949 bits per heavy atom. The summed E-state index contributed by atoms with van der Waals surface area (Å²) in [7, 11) is 3.09. The van der Waals surface area contributed by atoms with E-state index in [1.807, 2.05) is 77.1 Å². The molecule has 1 heterocycles. The van der Waals surface area contributed by atoms with Crippen LogP contribution in [0.3, 0.4) is 0 Å². The molecule has 4 rings (SSSR count). The van der Waals surface area contributed by atoms with Crippen molar-refractivity contribution in [1.82, 2.24) is 20.3 Å². The highest BCUT2D eigenvalue weighted by Crippen LogP contribution is 2.34. The van der Waals surface area contributed by atoms with Crippen LogP contribution < -0.4 is 19.7 Å². The largest absolute Gasteiger partial charge is 0.497 e. The lowest BCUT2D eigenvalue weighted by Crippen LogP contribution is -2.50. The van der Waals surface area contributed by atoms with E-state index < -0.39 is 11.6 Å². The number of aromatic nitrogens is 3. The SMILES string of the molecule is COc1cc(OC)cc([C@@H](C(=O)NC(C)(C)C)N(C(=O)Cn2nnc3ccccc32)c2cc(C)cc(C)c2)c1. The molecule has 3 aromatic carbocycles. The number of fused-ring (bicyclic) bond motifs is 1. The quantitative estimate of drug-likeness (QED) is 0.354. The molecule has 0 spiro atoms. The zero-order valence-electron chi connectivity index (χ0n) is 23.5. The van der Waals surface area contributed by atoms with E-state index >= 15 is 0 Å². The maximum Gasteiger partial charge on any atom is 0.249 e. The van der Waals surface area contributed by atoms with Gasteiger partial charge >= 0.3 is 0 Å². The second-order valence-electron chi connectivity index (χ2n) is 10.6. The number of para-hydroxylation sites is 1. The van der Waals surface area contributed by atoms with Crippen molar-refractivity contribution in [2.75, 3.05) is 19.1 Å². The molecule has 0 saturated heterocycles. The molecule has 9 heteroatoms. The van der Waals surface area contributed by atoms with E-state index in [1.54, 1.807) is 37.1 Å². The van der Waals surface area contributed by atoms with Crippen LogP contribution in [0.1, 0.15) is 43.5 Å². The highest BCUT2D eigenvalue weighted by Gasteiger charge is 2.35. The topological polar surface area (TPSA) is 98.6 Å². The standard InChI is InChI=1S/C30H35N5O4/c1-19-12-20(2)14-22(13-19)35(27(36)18-34-26-11-9-8-10-25(26)32-33-34)28(29(37)31-30(3,4)5)21-15-23(38-6)17-24(16-21)39-7/h8-17,28H,18H2,1-7H3,(H,31,37)/t28-/m0/s1. The van der Waals surface area contributed by atoms with Gasteiger partial charge in [-0.3, -0.25) is 14.5 Å². The molecule has 0 radical (unpaired) electrons. The van der Waals surface area contributed by atoms with Gasteiger partial charge in [0.05, 0.1) is 19.7 Å². The first-order valence-electron chi connectivity index (χ1n) is 12.7. The summed E-state index contributed by atoms with van der Waals surface area (Å²) < 4.78 is 12.6. The molecule has 0 aliphatic carbocycles. The van der Waals surface area contributed by atoms with Crippen molar-refractivity contribution in [1.29, 1.82) is 0 Å². The fraction of sp³-hybridized carbons (Fsp3) is 0.333. The average Bonchev–Trinajstić information content (AvgIpc) is 3.27. The lowest BCUT2D eigenvalue weighted by Gasteiger charge is -2.34. The molecule has 9 nitrogen and oxygen atoms in total. The number of nitrogens with zero attached hydrogens (tertiary/aromatic N) is 4. The van der Waals surface area contributed by atoms with E-state index in [0.717, 1.165) is 16.6 Å². The molecule has 2 amide bonds. The van der Waals surface area contributed by atoms with Gasteiger partial charge in [0.25, 0.3) is 0 Å². The van der Waals surface area contributed by atoms with Crippen molar-refractivity contribution in [2.45, 2.75) is 52.7 Å². The number of amides is 2. The van der Waals surface area contributed by atoms with E-state index in [0.29, 0.717) is 28.3 Å². The number of rotatable bonds is 8. The first-order valence-corrected chi connectivity index (χ1v) is 12.7. The number of hydrogen-bond acceptors (Lipinski definition) is 6. The van der Waals surface area contributed by atoms with Crippen molar-refractivity contribution in [3.05, 3.63) is 77.4 Å². The summed E-state index contributed by atoms with van der Waals surface area (Å²) in [6.07, 6.45) is 0. The van der Waals surface area contributed by atoms with Gasteiger partial charge in [0.15, 0.2) is 0 Å². The number of aryl methyl sites for hydroxylation is 2. The lowest BCUT2D eigenvalue weighted by atomic mass is 9.99. The first-order chi connectivity index (χ1) is 18.5. The average molecular weight is 530 g/mol. The van der Waals surface area contributed by atoms with Crippen molar-refractivity contribution < 1.29 is 19.1 Å². The third-order valence-electron chi connectivity index (χ3n) is 6.15. The van der Waals surface area contributed by atoms with E-state index in [2.05, 4.69) is 15.6 Å². The summed E-state index contributed by atoms with van der Waals surface area (Å²) >= 11 is 0. The van der Waals surface area contributed by atoms with Crippen molar-refractivity contribution in [3.63, 3.8) is 0 Å². The van der Waals surface area contributed by atoms with Gasteiger partial charge in [-0.15, -0.1) is 5.10 Å². The zero-order chi connectivity index (χ0) is 28.3. The van der Waals surface area contributed by atoms with Gasteiger partial charge in [0, 0.05) is 17.3 Å². The van der Waals surface area contributed by atoms with Crippen molar-refractivity contribution >= 4 is 28.5 Å². The van der Waals surface area contributed by atoms with Crippen LogP contribution in [-0.4, -0.2) is 46.6 Å². The Balaban J connectivity index is 1.91. The van der Waals surface area contributed by atoms with Gasteiger partial charge in [-0.2, -0.15) is 0 Å². The summed E-state index contributed by atoms with van der Waals surface area (Å²) in [6, 6.07) is 17.5. The van der Waals surface area contributed by atoms with Gasteiger partial charge in [0.1, 0.15) is 29.6 Å². The third-order valence-corrected chi connectivity index (χ3v) is 6.15. The van der Waals surface area contributed by atoms with E-state index in [1.165, 1.54) is 4.90 Å². The van der Waals surface area contributed by atoms with Crippen LogP contribution in [0.5, 0.6) is 11.5 Å². The van der Waals surface area contributed by atoms with Crippen LogP contribution in [0.25, 0.3) is 11.0 Å². The van der Waals surface area contributed by atoms with Crippen molar-refractivity contribution in [3.8, 4) is 11.5 Å². The molecule has 4 aromatic rings. The number of carbonyl (C=O) groups is 2. The van der Waals surface area contributed by atoms with Crippen LogP contribution in [0, 0.1) is 13.8 Å². The van der Waals surface area contributed by atoms with Crippen LogP contribution in [-0.2, 0) is 16.1 Å². The number of anilines is 1. The van der Waals surface area contributed by atoms with Gasteiger partial charge < -0.3 is 14.8 Å². The van der Waals surface area contributed by atoms with Crippen LogP contribution in [0.4, 0.5) is 5.69 Å². The second kappa shape index (κ2) is 11.1. The Hall–Kier alpha value is -4.40. The number of nitrogens with one attached hydrogen (secondary N) is 1. The molecule has 0 aliphatic heterocycles. The summed E-state index contributed by atoms with van der Waals surface area (Å²) in [6.45, 7) is 9.51. The molecular formula is C30H35N5O4. The number of carbonyl (C=O) groups excluding carboxylic acids is 2. The van der Waals surface area contributed by atoms with E-state index in [9.17, 15) is 9.59 Å². The number of ether oxygens (including phenoxy) is 2. The number of methoxy groups -OCH3 is 2. The minimum atomic E-state index is -1.03. The van der Waals surface area contributed by atoms with Crippen LogP contribution >= 0.6 is 0 Å². The fourth-order valence-corrected chi connectivity index (χ4v) is 4.61. The molecule has 0 fully saturated rings. The molecule has 1 N–H and O–H groups in total. The normalized spacial score (nSPS) is 12.2. The summed E-state index contributed by atoms with van der Waals surface area (Å²) in [4.78, 5) is 29.8. The molecule has 1 aromatic heterocycles. The Kier molecular flexibility index (Phi) is 7.90. The summed E-state index contributed by atoms with van der Waals surface area (Å²) in [5, 5.41) is 11.5. The second-order valence-corrected chi connectivity index (χ2v) is 10.6. The van der Waals surface area contributed by atoms with Gasteiger partial charge in [-0.05, 0) is 87.7 Å². The summed E-state index contributed by atoms with van der Waals surface area (Å²) in [5.41, 5.74) is 3.94. The Morgan fingerprint density at radius 3 is 2.15 bits per heavy atom. The number of benzene rings is 3. The Labute approximate surface area is 228 Å². The van der Waals surface area contributed by atoms with Crippen LogP contribution in [0.2, 0.25) is 0 Å². The first kappa shape index (κ1) is 27.6. The molecule has 0 unspecified atom stereocenters. The van der Waals surface area contributed by atoms with Gasteiger partial charge in [-0.1, -0.05) is 23.4 Å². The van der Waals surface area contributed by atoms with Gasteiger partial charge in [-0.25, -0.2) is 4.68 Å². The Bertz CT molecular complexity index is 1460. The third kappa shape index (κ3) is 6.37. The molecular weight excluding hydrogens is 494 g/mol. The molecule has 1 atom stereocenters. The monoisotopic (exact) mass is 529 g/mol. The molecule has 0 saturated carbocycles. The van der Waals surface area contributed by atoms with E-state index in [4.69, 9.17) is 9.47 Å². The summed E-state index contributed by atoms with van der Waals surface area (Å²) in [5.74, 6) is 0.348. The molecule has 0 bridgehead atoms. The molecule has 39 heavy (non-hydrogen) atoms. The minimum Gasteiger partial charge on any atom is -0.497 e.